The topological polar surface area (TPSA) is 32.3 Å². The predicted molar refractivity (Wildman–Crippen MR) is 67.3 cm³/mol. The Hall–Kier alpha value is -0.940. The first kappa shape index (κ1) is 12.5. The van der Waals surface area contributed by atoms with Gasteiger partial charge in [0.1, 0.15) is 5.82 Å². The number of hydrogen-bond donors (Lipinski definition) is 1. The van der Waals surface area contributed by atoms with Crippen LogP contribution in [-0.2, 0) is 11.2 Å². The lowest BCUT2D eigenvalue weighted by atomic mass is 10.1. The van der Waals surface area contributed by atoms with Crippen molar-refractivity contribution in [3.63, 3.8) is 0 Å². The molecule has 1 aliphatic heterocycles. The molecule has 0 saturated carbocycles. The van der Waals surface area contributed by atoms with Crippen LogP contribution in [0.3, 0.4) is 0 Å². The van der Waals surface area contributed by atoms with Crippen LogP contribution in [0.15, 0.2) is 22.7 Å². The number of benzene rings is 1. The Morgan fingerprint density at radius 2 is 2.12 bits per heavy atom. The van der Waals surface area contributed by atoms with Crippen LogP contribution in [0, 0.1) is 5.82 Å². The third-order valence-corrected chi connectivity index (χ3v) is 3.31. The predicted octanol–water partition coefficient (Wildman–Crippen LogP) is 1.56. The minimum atomic E-state index is -0.323. The fourth-order valence-electron chi connectivity index (χ4n) is 1.87. The van der Waals surface area contributed by atoms with Crippen LogP contribution < -0.4 is 5.32 Å². The first-order valence-electron chi connectivity index (χ1n) is 5.59. The molecule has 0 atom stereocenters. The Bertz CT molecular complexity index is 419. The van der Waals surface area contributed by atoms with E-state index in [1.807, 2.05) is 0 Å². The number of rotatable bonds is 2. The molecule has 92 valence electrons. The van der Waals surface area contributed by atoms with Gasteiger partial charge in [-0.25, -0.2) is 4.39 Å². The summed E-state index contributed by atoms with van der Waals surface area (Å²) in [6.07, 6.45) is 0.130. The van der Waals surface area contributed by atoms with Crippen LogP contribution in [0.5, 0.6) is 0 Å². The van der Waals surface area contributed by atoms with Crippen molar-refractivity contribution in [2.75, 3.05) is 26.2 Å². The molecule has 0 aromatic heterocycles. The van der Waals surface area contributed by atoms with Crippen LogP contribution in [0.1, 0.15) is 5.56 Å². The summed E-state index contributed by atoms with van der Waals surface area (Å²) in [4.78, 5) is 13.7. The Labute approximate surface area is 108 Å². The number of carbonyl (C=O) groups excluding carboxylic acids is 1. The van der Waals surface area contributed by atoms with Gasteiger partial charge in [0.15, 0.2) is 0 Å². The molecule has 1 heterocycles. The van der Waals surface area contributed by atoms with Gasteiger partial charge in [0.2, 0.25) is 5.91 Å². The van der Waals surface area contributed by atoms with Gasteiger partial charge < -0.3 is 10.2 Å². The van der Waals surface area contributed by atoms with E-state index < -0.39 is 0 Å². The first-order valence-corrected chi connectivity index (χ1v) is 6.38. The van der Waals surface area contributed by atoms with E-state index in [1.54, 1.807) is 17.0 Å². The van der Waals surface area contributed by atoms with E-state index >= 15 is 0 Å². The summed E-state index contributed by atoms with van der Waals surface area (Å²) in [6, 6.07) is 4.67. The van der Waals surface area contributed by atoms with Crippen LogP contribution in [0.25, 0.3) is 0 Å². The maximum Gasteiger partial charge on any atom is 0.227 e. The summed E-state index contributed by atoms with van der Waals surface area (Å²) >= 11 is 3.28. The Morgan fingerprint density at radius 3 is 2.82 bits per heavy atom. The van der Waals surface area contributed by atoms with Crippen molar-refractivity contribution in [3.05, 3.63) is 34.1 Å². The fraction of sp³-hybridized carbons (Fsp3) is 0.417. The lowest BCUT2D eigenvalue weighted by molar-refractivity contribution is -0.131. The zero-order valence-electron chi connectivity index (χ0n) is 9.38. The molecule has 1 N–H and O–H groups in total. The van der Waals surface area contributed by atoms with Crippen molar-refractivity contribution in [2.24, 2.45) is 0 Å². The molecule has 1 aromatic rings. The average molecular weight is 301 g/mol. The second-order valence-electron chi connectivity index (χ2n) is 4.04. The molecule has 2 rings (SSSR count). The molecule has 1 aromatic carbocycles. The van der Waals surface area contributed by atoms with Crippen molar-refractivity contribution in [1.82, 2.24) is 10.2 Å². The van der Waals surface area contributed by atoms with Gasteiger partial charge in [0.25, 0.3) is 0 Å². The maximum atomic E-state index is 13.5. The molecular weight excluding hydrogens is 287 g/mol. The van der Waals surface area contributed by atoms with Crippen LogP contribution in [-0.4, -0.2) is 37.0 Å². The van der Waals surface area contributed by atoms with Crippen LogP contribution in [0.4, 0.5) is 4.39 Å². The number of hydrogen-bond acceptors (Lipinski definition) is 2. The lowest BCUT2D eigenvalue weighted by Crippen LogP contribution is -2.47. The second-order valence-corrected chi connectivity index (χ2v) is 4.96. The summed E-state index contributed by atoms with van der Waals surface area (Å²) in [6.45, 7) is 3.03. The first-order chi connectivity index (χ1) is 8.16. The molecule has 1 fully saturated rings. The van der Waals surface area contributed by atoms with E-state index in [1.165, 1.54) is 6.07 Å². The van der Waals surface area contributed by atoms with Crippen molar-refractivity contribution in [3.8, 4) is 0 Å². The van der Waals surface area contributed by atoms with Gasteiger partial charge in [-0.1, -0.05) is 15.9 Å². The van der Waals surface area contributed by atoms with Gasteiger partial charge in [0.05, 0.1) is 6.42 Å². The number of amides is 1. The van der Waals surface area contributed by atoms with Gasteiger partial charge >= 0.3 is 0 Å². The van der Waals surface area contributed by atoms with Crippen LogP contribution >= 0.6 is 15.9 Å². The van der Waals surface area contributed by atoms with Crippen molar-refractivity contribution >= 4 is 21.8 Å². The van der Waals surface area contributed by atoms with E-state index in [4.69, 9.17) is 0 Å². The summed E-state index contributed by atoms with van der Waals surface area (Å²) in [7, 11) is 0. The highest BCUT2D eigenvalue weighted by molar-refractivity contribution is 9.10. The SMILES string of the molecule is O=C(Cc1cc(Br)ccc1F)N1CCNCC1. The fourth-order valence-corrected chi connectivity index (χ4v) is 2.28. The molecular formula is C12H14BrFN2O. The molecule has 0 radical (unpaired) electrons. The maximum absolute atomic E-state index is 13.5. The summed E-state index contributed by atoms with van der Waals surface area (Å²) in [5.74, 6) is -0.333. The molecule has 0 bridgehead atoms. The lowest BCUT2D eigenvalue weighted by Gasteiger charge is -2.27. The highest BCUT2D eigenvalue weighted by Gasteiger charge is 2.17. The number of nitrogens with zero attached hydrogens (tertiary/aromatic N) is 1. The molecule has 17 heavy (non-hydrogen) atoms. The Morgan fingerprint density at radius 1 is 1.41 bits per heavy atom. The number of carbonyl (C=O) groups is 1. The minimum absolute atomic E-state index is 0.0106. The molecule has 5 heteroatoms. The number of nitrogens with one attached hydrogen (secondary N) is 1. The summed E-state index contributed by atoms with van der Waals surface area (Å²) in [5, 5.41) is 3.18. The normalized spacial score (nSPS) is 16.0. The molecule has 3 nitrogen and oxygen atoms in total. The molecule has 0 spiro atoms. The second kappa shape index (κ2) is 5.60. The van der Waals surface area contributed by atoms with E-state index in [-0.39, 0.29) is 18.1 Å². The quantitative estimate of drug-likeness (QED) is 0.899. The van der Waals surface area contributed by atoms with E-state index in [2.05, 4.69) is 21.2 Å². The molecule has 1 saturated heterocycles. The van der Waals surface area contributed by atoms with Crippen LogP contribution in [0.2, 0.25) is 0 Å². The standard InChI is InChI=1S/C12H14BrFN2O/c13-10-1-2-11(14)9(7-10)8-12(17)16-5-3-15-4-6-16/h1-2,7,15H,3-6,8H2. The van der Waals surface area contributed by atoms with Crippen molar-refractivity contribution in [1.29, 1.82) is 0 Å². The van der Waals surface area contributed by atoms with Gasteiger partial charge in [-0.3, -0.25) is 4.79 Å². The molecule has 1 amide bonds. The van der Waals surface area contributed by atoms with Gasteiger partial charge in [-0.15, -0.1) is 0 Å². The van der Waals surface area contributed by atoms with Gasteiger partial charge in [-0.05, 0) is 23.8 Å². The van der Waals surface area contributed by atoms with Crippen molar-refractivity contribution < 1.29 is 9.18 Å². The van der Waals surface area contributed by atoms with Gasteiger partial charge in [0, 0.05) is 30.7 Å². The van der Waals surface area contributed by atoms with Crippen molar-refractivity contribution in [2.45, 2.75) is 6.42 Å². The minimum Gasteiger partial charge on any atom is -0.340 e. The largest absolute Gasteiger partial charge is 0.340 e. The van der Waals surface area contributed by atoms with E-state index in [0.717, 1.165) is 17.6 Å². The monoisotopic (exact) mass is 300 g/mol. The van der Waals surface area contributed by atoms with E-state index in [9.17, 15) is 9.18 Å². The third kappa shape index (κ3) is 3.26. The summed E-state index contributed by atoms with van der Waals surface area (Å²) in [5.41, 5.74) is 0.447. The highest BCUT2D eigenvalue weighted by Crippen LogP contribution is 2.16. The zero-order valence-corrected chi connectivity index (χ0v) is 11.0. The zero-order chi connectivity index (χ0) is 12.3. The Balaban J connectivity index is 2.04. The summed E-state index contributed by atoms with van der Waals surface area (Å²) < 4.78 is 14.3. The third-order valence-electron chi connectivity index (χ3n) is 2.82. The van der Waals surface area contributed by atoms with Gasteiger partial charge in [-0.2, -0.15) is 0 Å². The average Bonchev–Trinajstić information content (AvgIpc) is 2.35. The van der Waals surface area contributed by atoms with E-state index in [0.29, 0.717) is 18.7 Å². The molecule has 0 unspecified atom stereocenters. The highest BCUT2D eigenvalue weighted by atomic mass is 79.9. The molecule has 0 aliphatic carbocycles. The smallest absolute Gasteiger partial charge is 0.227 e. The Kier molecular flexibility index (Phi) is 4.12. The molecule has 1 aliphatic rings. The number of piperazine rings is 1. The number of halogens is 2.